The van der Waals surface area contributed by atoms with Crippen LogP contribution in [-0.2, 0) is 31.8 Å². The van der Waals surface area contributed by atoms with E-state index in [9.17, 15) is 0 Å². The number of nitrogens with one attached hydrogen (secondary N) is 1. The van der Waals surface area contributed by atoms with Crippen molar-refractivity contribution in [2.45, 2.75) is 81.1 Å². The van der Waals surface area contributed by atoms with Crippen LogP contribution in [0.3, 0.4) is 0 Å². The molecule has 4 aromatic carbocycles. The number of fused-ring (bicyclic) bond motifs is 1. The van der Waals surface area contributed by atoms with Crippen LogP contribution in [0.4, 0.5) is 46.0 Å². The number of rotatable bonds is 18. The lowest BCUT2D eigenvalue weighted by molar-refractivity contribution is -0.482. The number of hydrogen-bond donors (Lipinski definition) is 2. The lowest BCUT2D eigenvalue weighted by Gasteiger charge is -2.31. The van der Waals surface area contributed by atoms with Gasteiger partial charge in [0.15, 0.2) is 11.6 Å². The van der Waals surface area contributed by atoms with Gasteiger partial charge in [-0.15, -0.1) is 0 Å². The number of para-hydroxylation sites is 4. The van der Waals surface area contributed by atoms with Gasteiger partial charge in [-0.05, 0) is 101 Å². The lowest BCUT2D eigenvalue weighted by Crippen LogP contribution is -3.00. The molecule has 0 aliphatic carbocycles. The van der Waals surface area contributed by atoms with Crippen molar-refractivity contribution in [2.24, 2.45) is 11.8 Å². The van der Waals surface area contributed by atoms with Gasteiger partial charge in [0.25, 0.3) is 12.3 Å². The molecular weight excluding hydrogens is 812 g/mol. The summed E-state index contributed by atoms with van der Waals surface area (Å²) in [4.78, 5) is 23.5. The van der Waals surface area contributed by atoms with Gasteiger partial charge < -0.3 is 36.7 Å². The number of aromatic nitrogens is 4. The molecule has 3 heterocycles. The summed E-state index contributed by atoms with van der Waals surface area (Å²) in [6, 6.07) is 40.8. The molecule has 0 spiro atoms. The molecule has 0 bridgehead atoms. The highest BCUT2D eigenvalue weighted by atomic mass is 35.5. The number of quaternary nitrogens is 1. The Morgan fingerprint density at radius 3 is 1.52 bits per heavy atom. The Bertz CT molecular complexity index is 2140. The lowest BCUT2D eigenvalue weighted by atomic mass is 10.1. The highest BCUT2D eigenvalue weighted by molar-refractivity contribution is 5.82. The number of anilines is 6. The van der Waals surface area contributed by atoms with Crippen LogP contribution in [0.5, 0.6) is 0 Å². The van der Waals surface area contributed by atoms with E-state index in [-0.39, 0.29) is 18.8 Å². The fraction of sp³-hybridized carbons (Fsp3) is 0.360. The van der Waals surface area contributed by atoms with Gasteiger partial charge in [-0.3, -0.25) is 15.1 Å². The Morgan fingerprint density at radius 1 is 0.571 bits per heavy atom. The van der Waals surface area contributed by atoms with Gasteiger partial charge in [0.05, 0.1) is 23.8 Å². The van der Waals surface area contributed by atoms with Gasteiger partial charge in [0.2, 0.25) is 12.2 Å². The first-order valence-corrected chi connectivity index (χ1v) is 21.8. The smallest absolute Gasteiger partial charge is 0.273 e. The van der Waals surface area contributed by atoms with Crippen LogP contribution >= 0.6 is 0 Å². The molecule has 0 saturated carbocycles. The normalized spacial score (nSPS) is 12.9. The molecule has 1 unspecified atom stereocenters. The Balaban J connectivity index is 0.000000227. The van der Waals surface area contributed by atoms with Crippen LogP contribution in [0.25, 0.3) is 0 Å². The molecule has 2 aromatic heterocycles. The van der Waals surface area contributed by atoms with Crippen molar-refractivity contribution in [2.75, 3.05) is 41.5 Å². The molecule has 1 aliphatic rings. The average molecular weight is 878 g/mol. The van der Waals surface area contributed by atoms with Gasteiger partial charge in [0.1, 0.15) is 5.69 Å². The van der Waals surface area contributed by atoms with Crippen molar-refractivity contribution in [1.82, 2.24) is 19.9 Å². The second kappa shape index (κ2) is 26.9. The molecule has 336 valence electrons. The Labute approximate surface area is 380 Å². The van der Waals surface area contributed by atoms with Crippen molar-refractivity contribution in [1.29, 1.82) is 0 Å². The predicted octanol–water partition coefficient (Wildman–Crippen LogP) is 7.61. The van der Waals surface area contributed by atoms with Crippen molar-refractivity contribution in [3.63, 3.8) is 0 Å². The van der Waals surface area contributed by atoms with E-state index < -0.39 is 6.48 Å². The second-order valence-corrected chi connectivity index (χ2v) is 15.2. The third-order valence-electron chi connectivity index (χ3n) is 9.20. The van der Waals surface area contributed by atoms with Gasteiger partial charge >= 0.3 is 0 Å². The topological polar surface area (TPSA) is 124 Å². The molecule has 13 heteroatoms. The summed E-state index contributed by atoms with van der Waals surface area (Å²) >= 11 is 0. The first kappa shape index (κ1) is 50.2. The fourth-order valence-corrected chi connectivity index (χ4v) is 6.63. The molecule has 0 fully saturated rings. The van der Waals surface area contributed by atoms with E-state index >= 15 is 0 Å². The van der Waals surface area contributed by atoms with Crippen LogP contribution in [0, 0.1) is 11.8 Å². The summed E-state index contributed by atoms with van der Waals surface area (Å²) in [7, 11) is 0. The SMILES string of the molecule is CC(C)Cc1cnc(Nc2ccccc2)c([NH2+]c2ccccc2)n1.CCOC(OCC)OCC.CCOC1N(c2ccccc2)c2ncc(CC(C)C)nc2N1c1ccccc1.[Cl-]. The van der Waals surface area contributed by atoms with Crippen LogP contribution < -0.4 is 32.8 Å². The van der Waals surface area contributed by atoms with E-state index in [1.165, 1.54) is 0 Å². The third kappa shape index (κ3) is 15.4. The molecule has 0 saturated heterocycles. The van der Waals surface area contributed by atoms with Crippen molar-refractivity contribution in [3.05, 3.63) is 145 Å². The average Bonchev–Trinajstić information content (AvgIpc) is 3.59. The maximum Gasteiger partial charge on any atom is 0.273 e. The first-order valence-electron chi connectivity index (χ1n) is 21.8. The maximum atomic E-state index is 6.21. The fourth-order valence-electron chi connectivity index (χ4n) is 6.63. The molecule has 1 atom stereocenters. The summed E-state index contributed by atoms with van der Waals surface area (Å²) in [5.74, 6) is 4.37. The zero-order valence-corrected chi connectivity index (χ0v) is 38.8. The number of benzene rings is 4. The molecule has 0 radical (unpaired) electrons. The monoisotopic (exact) mass is 876 g/mol. The Hall–Kier alpha value is -5.47. The third-order valence-corrected chi connectivity index (χ3v) is 9.20. The molecular formula is C50H65ClN8O4. The summed E-state index contributed by atoms with van der Waals surface area (Å²) in [5.41, 5.74) is 6.21. The molecule has 7 rings (SSSR count). The zero-order chi connectivity index (χ0) is 44.1. The quantitative estimate of drug-likeness (QED) is 0.0656. The van der Waals surface area contributed by atoms with Crippen LogP contribution in [-0.4, -0.2) is 59.2 Å². The van der Waals surface area contributed by atoms with E-state index in [1.54, 1.807) is 0 Å². The predicted molar refractivity (Wildman–Crippen MR) is 250 cm³/mol. The summed E-state index contributed by atoms with van der Waals surface area (Å²) in [6.45, 7) is 18.5. The minimum atomic E-state index is -0.472. The number of nitrogens with zero attached hydrogens (tertiary/aromatic N) is 6. The van der Waals surface area contributed by atoms with Crippen molar-refractivity contribution in [3.8, 4) is 0 Å². The summed E-state index contributed by atoms with van der Waals surface area (Å²) in [5, 5.41) is 5.44. The van der Waals surface area contributed by atoms with Crippen LogP contribution in [0.1, 0.15) is 66.8 Å². The maximum absolute atomic E-state index is 6.21. The molecule has 63 heavy (non-hydrogen) atoms. The minimum absolute atomic E-state index is 0. The Kier molecular flexibility index (Phi) is 21.4. The number of halogens is 1. The molecule has 12 nitrogen and oxygen atoms in total. The van der Waals surface area contributed by atoms with Gasteiger partial charge in [-0.2, -0.15) is 4.98 Å². The van der Waals surface area contributed by atoms with Gasteiger partial charge in [0, 0.05) is 43.5 Å². The van der Waals surface area contributed by atoms with Crippen molar-refractivity contribution < 1.29 is 36.7 Å². The van der Waals surface area contributed by atoms with E-state index in [2.05, 4.69) is 89.5 Å². The van der Waals surface area contributed by atoms with Crippen LogP contribution in [0.15, 0.2) is 134 Å². The molecule has 1 aliphatic heterocycles. The number of nitrogens with two attached hydrogens (primary N) is 1. The molecule has 0 amide bonds. The zero-order valence-electron chi connectivity index (χ0n) is 38.0. The minimum Gasteiger partial charge on any atom is -1.00 e. The number of hydrogen-bond acceptors (Lipinski definition) is 11. The summed E-state index contributed by atoms with van der Waals surface area (Å²) in [6.07, 6.45) is 5.25. The van der Waals surface area contributed by atoms with E-state index in [0.717, 1.165) is 70.3 Å². The number of ether oxygens (including phenoxy) is 4. The largest absolute Gasteiger partial charge is 1.00 e. The van der Waals surface area contributed by atoms with Gasteiger partial charge in [-0.25, -0.2) is 15.0 Å². The van der Waals surface area contributed by atoms with Crippen LogP contribution in [0.2, 0.25) is 0 Å². The molecule has 3 N–H and O–H groups in total. The van der Waals surface area contributed by atoms with E-state index in [0.29, 0.717) is 38.3 Å². The first-order chi connectivity index (χ1) is 30.2. The second-order valence-electron chi connectivity index (χ2n) is 15.2. The van der Waals surface area contributed by atoms with E-state index in [4.69, 9.17) is 33.9 Å². The Morgan fingerprint density at radius 2 is 1.03 bits per heavy atom. The highest BCUT2D eigenvalue weighted by Crippen LogP contribution is 2.45. The molecule has 6 aromatic rings. The van der Waals surface area contributed by atoms with E-state index in [1.807, 2.05) is 125 Å². The van der Waals surface area contributed by atoms with Gasteiger partial charge in [-0.1, -0.05) is 100 Å². The highest BCUT2D eigenvalue weighted by Gasteiger charge is 2.41. The summed E-state index contributed by atoms with van der Waals surface area (Å²) < 4.78 is 21.4. The van der Waals surface area contributed by atoms with Crippen molar-refractivity contribution >= 4 is 46.0 Å². The standard InChI is InChI=1S/C23H26N4O.C20H22N4.C7H16O3.ClH/c1-4-28-23-26(19-11-7-5-8-12-19)21-22(25-18(16-24-21)15-17(2)3)27(23)20-13-9-6-10-14-20;1-15(2)13-18-14-21-19(22-16-9-5-3-6-10-16)20(24-18)23-17-11-7-4-8-12-17;1-4-8-7(9-5-2)10-6-3;/h5-14,16-17,23H,4,15H2,1-3H3;3-12,14-15H,13H2,1-2H3,(H,21,22)(H,23,24);7H,4-6H2,1-3H3;1H.